The maximum atomic E-state index is 12.9. The fraction of sp³-hybridized carbons (Fsp3) is 0.693. The highest BCUT2D eigenvalue weighted by Gasteiger charge is 2.33. The van der Waals surface area contributed by atoms with E-state index in [1.807, 2.05) is 147 Å². The second-order valence-electron chi connectivity index (χ2n) is 23.4. The quantitative estimate of drug-likeness (QED) is 0.0835. The number of piperidine rings is 1. The Morgan fingerprint density at radius 3 is 0.692 bits per heavy atom. The molecule has 1 aliphatic heterocycles. The number of nitrogens with zero attached hydrogens (tertiary/aromatic N) is 1. The number of nitrogens with one attached hydrogen (secondary N) is 2. The van der Waals surface area contributed by atoms with E-state index in [9.17, 15) is 14.4 Å². The van der Waals surface area contributed by atoms with Gasteiger partial charge in [-0.15, -0.1) is 0 Å². The van der Waals surface area contributed by atoms with E-state index in [1.165, 1.54) is 93.1 Å². The highest BCUT2D eigenvalue weighted by Crippen LogP contribution is 2.17. The molecule has 32 heteroatoms. The molecular weight excluding hydrogens is 1540 g/mol. The van der Waals surface area contributed by atoms with Crippen LogP contribution < -0.4 is 81.5 Å². The number of aryl methyl sites for hydroxylation is 2. The number of hydrogen-bond donors (Lipinski definition) is 15. The largest absolute Gasteiger partial charge is 0.394 e. The van der Waals surface area contributed by atoms with Crippen molar-refractivity contribution in [1.82, 2.24) is 46.3 Å². The van der Waals surface area contributed by atoms with E-state index >= 15 is 0 Å². The zero-order valence-electron chi connectivity index (χ0n) is 85.2. The van der Waals surface area contributed by atoms with Crippen molar-refractivity contribution in [3.05, 3.63) is 71.8 Å². The third kappa shape index (κ3) is 339. The first-order valence-electron chi connectivity index (χ1n) is 38.5. The summed E-state index contributed by atoms with van der Waals surface area (Å²) >= 11 is 0. The Kier molecular flexibility index (Phi) is 466. The molecule has 1 heterocycles. The van der Waals surface area contributed by atoms with Crippen LogP contribution in [0.25, 0.3) is 0 Å². The van der Waals surface area contributed by atoms with Gasteiger partial charge in [-0.3, -0.25) is 14.4 Å². The Bertz CT molecular complexity index is 1610. The summed E-state index contributed by atoms with van der Waals surface area (Å²) in [5.74, 6) is 3.85. The molecule has 1 aliphatic rings. The van der Waals surface area contributed by atoms with Crippen LogP contribution in [-0.4, -0.2) is 202 Å². The molecule has 0 bridgehead atoms. The van der Waals surface area contributed by atoms with Crippen LogP contribution in [-0.2, 0) is 89.5 Å². The highest BCUT2D eigenvalue weighted by atomic mass is 16.5. The summed E-state index contributed by atoms with van der Waals surface area (Å²) in [6, 6.07) is 19.8. The monoisotopic (exact) mass is 1750 g/mol. The predicted octanol–water partition coefficient (Wildman–Crippen LogP) is 14.9. The number of carbonyl (C=O) groups excluding carboxylic acids is 15. The number of benzene rings is 2. The van der Waals surface area contributed by atoms with Crippen LogP contribution in [0, 0.1) is 41.4 Å². The van der Waals surface area contributed by atoms with Gasteiger partial charge in [-0.05, 0) is 176 Å². The highest BCUT2D eigenvalue weighted by molar-refractivity contribution is 5.92. The second kappa shape index (κ2) is 259. The maximum absolute atomic E-state index is 12.9. The van der Waals surface area contributed by atoms with Crippen LogP contribution >= 0.6 is 0 Å². The number of amides is 3. The van der Waals surface area contributed by atoms with Gasteiger partial charge >= 0.3 is 0 Å². The molecule has 2 aromatic rings. The Morgan fingerprint density at radius 1 is 0.383 bits per heavy atom. The molecule has 1 saturated heterocycles. The predicted molar refractivity (Wildman–Crippen MR) is 528 cm³/mol. The van der Waals surface area contributed by atoms with Crippen LogP contribution in [0.15, 0.2) is 60.7 Å². The van der Waals surface area contributed by atoms with Crippen molar-refractivity contribution in [3.8, 4) is 0 Å². The molecule has 32 N–H and O–H groups in total. The van der Waals surface area contributed by atoms with Gasteiger partial charge < -0.3 is 154 Å². The van der Waals surface area contributed by atoms with Crippen LogP contribution in [0.4, 0.5) is 0 Å². The number of rotatable bonds is 14. The zero-order chi connectivity index (χ0) is 100. The first-order valence-corrected chi connectivity index (χ1v) is 38.5. The fourth-order valence-corrected chi connectivity index (χ4v) is 4.85. The van der Waals surface area contributed by atoms with Crippen LogP contribution in [0.1, 0.15) is 270 Å². The molecule has 742 valence electrons. The second-order valence-corrected chi connectivity index (χ2v) is 23.4. The third-order valence-electron chi connectivity index (χ3n) is 11.1. The van der Waals surface area contributed by atoms with Gasteiger partial charge in [-0.1, -0.05) is 252 Å². The lowest BCUT2D eigenvalue weighted by molar-refractivity contribution is -0.139. The summed E-state index contributed by atoms with van der Waals surface area (Å²) < 4.78 is 5.23. The lowest BCUT2D eigenvalue weighted by Gasteiger charge is -2.34. The molecule has 3 amide bonds. The number of likely N-dealkylation sites (tertiary alicyclic amines) is 1. The van der Waals surface area contributed by atoms with E-state index in [-0.39, 0.29) is 72.0 Å². The van der Waals surface area contributed by atoms with Gasteiger partial charge in [-0.2, -0.15) is 0 Å². The Hall–Kier alpha value is -7.67. The van der Waals surface area contributed by atoms with Crippen molar-refractivity contribution in [2.45, 2.75) is 296 Å². The molecule has 0 spiro atoms. The van der Waals surface area contributed by atoms with Crippen molar-refractivity contribution < 1.29 is 81.8 Å². The lowest BCUT2D eigenvalue weighted by atomic mass is 9.95. The maximum Gasteiger partial charge on any atom is 0.245 e. The zero-order valence-corrected chi connectivity index (χ0v) is 85.2. The fourth-order valence-electron chi connectivity index (χ4n) is 4.85. The number of aliphatic hydroxyl groups is 1. The van der Waals surface area contributed by atoms with E-state index < -0.39 is 12.1 Å². The molecule has 2 aromatic carbocycles. The first-order chi connectivity index (χ1) is 54.7. The van der Waals surface area contributed by atoms with Crippen molar-refractivity contribution in [2.75, 3.05) is 69.0 Å². The molecule has 32 nitrogen and oxygen atoms in total. The molecular formula is C88H213N15O17. The first kappa shape index (κ1) is 216. The van der Waals surface area contributed by atoms with Crippen molar-refractivity contribution in [2.24, 2.45) is 81.6 Å². The van der Waals surface area contributed by atoms with Crippen LogP contribution in [0.5, 0.6) is 0 Å². The number of aliphatic hydroxyl groups excluding tert-OH is 1. The summed E-state index contributed by atoms with van der Waals surface area (Å²) in [5, 5.41) is 13.6. The minimum absolute atomic E-state index is 0. The Balaban J connectivity index is -0.0000000237. The smallest absolute Gasteiger partial charge is 0.245 e. The van der Waals surface area contributed by atoms with E-state index in [4.69, 9.17) is 67.4 Å². The minimum atomic E-state index is -0.622. The Labute approximate surface area is 742 Å². The molecule has 1 fully saturated rings. The summed E-state index contributed by atoms with van der Waals surface area (Å²) in [4.78, 5) is 135. The summed E-state index contributed by atoms with van der Waals surface area (Å²) in [7, 11) is 10.5. The van der Waals surface area contributed by atoms with Crippen LogP contribution in [0.2, 0.25) is 0 Å². The van der Waals surface area contributed by atoms with E-state index in [0.29, 0.717) is 0 Å². The molecule has 0 saturated carbocycles. The van der Waals surface area contributed by atoms with Gasteiger partial charge in [-0.25, -0.2) is 0 Å². The third-order valence-corrected chi connectivity index (χ3v) is 11.1. The molecule has 0 radical (unpaired) electrons. The summed E-state index contributed by atoms with van der Waals surface area (Å²) in [5.41, 5.74) is 34.4. The van der Waals surface area contributed by atoms with Gasteiger partial charge in [0.1, 0.15) is 93.6 Å². The Morgan fingerprint density at radius 2 is 0.575 bits per heavy atom. The standard InChI is InChI=1S/C18H33N3O3.2C8H10.C6H14O.4C5H12.C4H10.C3H8O.C2H6.7CH5N.12CH2O.5H3N/c1-6-13(4)16(18(24)21-10-8-7-9-11-21)20-17(23)15(12(2)3)19-14(5)22;2*1-2-8-6-4-3-5-7-8;1-5-7-6(2,3)4;4*1-4-5(2)3;1-4(2)3;1-3(2)4;20*1-2;;;;;/h12-13,15-16H,6-11H2,1-5H3,(H,19,22)(H,20,23);2*3-7H,2H2,1H3;5H2,1-4H3;4*5H,4H2,1-3H3;4H,1-3H3;3-4H,1-2H3;1-2H3;7*2H2,1H3;12*1H2;5*1H3/t13-,15-,16-;;;;;;;;;;;;;;;;;;;;;;;;;;;;;;;;;;/m0................................../s1. The number of nitrogens with two attached hydrogens (primary N) is 7. The van der Waals surface area contributed by atoms with Gasteiger partial charge in [0, 0.05) is 32.7 Å². The summed E-state index contributed by atoms with van der Waals surface area (Å²) in [6.07, 6.45) is 11.3. The average Bonchev–Trinajstić information content (AvgIpc) is 0.843. The van der Waals surface area contributed by atoms with Gasteiger partial charge in [0.2, 0.25) is 17.7 Å². The normalized spacial score (nSPS) is 8.65. The molecule has 3 atom stereocenters. The van der Waals surface area contributed by atoms with Gasteiger partial charge in [0.05, 0.1) is 5.60 Å². The van der Waals surface area contributed by atoms with Gasteiger partial charge in [0.25, 0.3) is 0 Å². The van der Waals surface area contributed by atoms with E-state index in [2.05, 4.69) is 238 Å². The van der Waals surface area contributed by atoms with Crippen LogP contribution in [0.3, 0.4) is 0 Å². The number of hydrogen-bond acceptors (Lipinski definition) is 29. The van der Waals surface area contributed by atoms with E-state index in [1.54, 1.807) is 13.8 Å². The molecule has 0 aliphatic carbocycles. The van der Waals surface area contributed by atoms with Crippen molar-refractivity contribution in [3.63, 3.8) is 0 Å². The van der Waals surface area contributed by atoms with Crippen molar-refractivity contribution in [1.29, 1.82) is 0 Å². The average molecular weight is 1750 g/mol. The lowest BCUT2D eigenvalue weighted by Crippen LogP contribution is -2.58. The van der Waals surface area contributed by atoms with Crippen molar-refractivity contribution >= 4 is 99.2 Å². The molecule has 0 aromatic heterocycles. The number of carbonyl (C=O) groups is 15. The summed E-state index contributed by atoms with van der Waals surface area (Å²) in [6.45, 7) is 88.5. The number of ether oxygens (including phenoxy) is 1. The minimum Gasteiger partial charge on any atom is -0.394 e. The molecule has 3 rings (SSSR count). The van der Waals surface area contributed by atoms with Gasteiger partial charge in [0.15, 0.2) is 0 Å². The molecule has 120 heavy (non-hydrogen) atoms. The SMILES string of the molecule is C=O.C=O.C=O.C=O.C=O.C=O.C=O.C=O.C=O.C=O.C=O.C=O.CC.CC(C)C.CC(C)O.CCC(C)C.CCC(C)C.CCC(C)C.CCC(C)C.CCOC(C)(C)C.CC[C@H](C)[C@H](NC(=O)[C@@H](NC(C)=O)C(C)C)C(=O)N1CCCCC1.CCc1ccccc1.CCc1ccccc1.CN.CN.CN.CN.CN.CN.CN.N.N.N.N.N. The van der Waals surface area contributed by atoms with E-state index in [0.717, 1.165) is 87.8 Å². The molecule has 0 unspecified atom stereocenters. The topological polar surface area (TPSA) is 670 Å².